The summed E-state index contributed by atoms with van der Waals surface area (Å²) in [6.45, 7) is 14.6. The van der Waals surface area contributed by atoms with Crippen molar-refractivity contribution < 1.29 is 4.79 Å². The molecule has 2 fully saturated rings. The molecule has 0 atom stereocenters. The summed E-state index contributed by atoms with van der Waals surface area (Å²) in [6, 6.07) is 6.68. The Balaban J connectivity index is 1.38. The molecule has 196 valence electrons. The van der Waals surface area contributed by atoms with Crippen molar-refractivity contribution in [2.45, 2.75) is 52.4 Å². The summed E-state index contributed by atoms with van der Waals surface area (Å²) >= 11 is 3.57. The van der Waals surface area contributed by atoms with Crippen molar-refractivity contribution in [3.63, 3.8) is 0 Å². The fourth-order valence-electron chi connectivity index (χ4n) is 4.91. The molecule has 0 radical (unpaired) electrons. The highest BCUT2D eigenvalue weighted by Crippen LogP contribution is 2.32. The second kappa shape index (κ2) is 12.7. The molecule has 8 nitrogen and oxygen atoms in total. The second-order valence-corrected chi connectivity index (χ2v) is 10.8. The Hall–Kier alpha value is -2.39. The number of piperidine rings is 1. The van der Waals surface area contributed by atoms with E-state index in [4.69, 9.17) is 4.98 Å². The number of carbonyl (C=O) groups is 1. The number of hydrogen-bond acceptors (Lipinski definition) is 7. The van der Waals surface area contributed by atoms with Crippen LogP contribution in [-0.4, -0.2) is 78.0 Å². The lowest BCUT2D eigenvalue weighted by molar-refractivity contribution is -0.133. The SMILES string of the molecule is CCN1CCN(c2ccc(Nc3ncc(Br)c(NCCCN4CCCCC4=O)n3)c(C(C)C)c2)CC1. The summed E-state index contributed by atoms with van der Waals surface area (Å²) in [5, 5.41) is 6.86. The van der Waals surface area contributed by atoms with Crippen molar-refractivity contribution in [2.24, 2.45) is 0 Å². The molecule has 2 aliphatic heterocycles. The zero-order valence-corrected chi connectivity index (χ0v) is 23.5. The van der Waals surface area contributed by atoms with Gasteiger partial charge in [0.25, 0.3) is 0 Å². The summed E-state index contributed by atoms with van der Waals surface area (Å²) in [5.41, 5.74) is 3.58. The number of piperazine rings is 1. The fourth-order valence-corrected chi connectivity index (χ4v) is 5.24. The number of halogens is 1. The molecule has 0 aliphatic carbocycles. The largest absolute Gasteiger partial charge is 0.369 e. The number of likely N-dealkylation sites (N-methyl/N-ethyl adjacent to an activating group) is 1. The van der Waals surface area contributed by atoms with Crippen molar-refractivity contribution in [1.82, 2.24) is 19.8 Å². The van der Waals surface area contributed by atoms with E-state index in [9.17, 15) is 4.79 Å². The van der Waals surface area contributed by atoms with Crippen LogP contribution in [0.25, 0.3) is 0 Å². The Kier molecular flexibility index (Phi) is 9.42. The smallest absolute Gasteiger partial charge is 0.229 e. The summed E-state index contributed by atoms with van der Waals surface area (Å²) in [5.74, 6) is 1.98. The van der Waals surface area contributed by atoms with Crippen LogP contribution in [0.4, 0.5) is 23.1 Å². The average Bonchev–Trinajstić information content (AvgIpc) is 2.89. The van der Waals surface area contributed by atoms with Crippen LogP contribution in [0.2, 0.25) is 0 Å². The Labute approximate surface area is 224 Å². The zero-order valence-electron chi connectivity index (χ0n) is 21.9. The van der Waals surface area contributed by atoms with Crippen LogP contribution in [0.5, 0.6) is 0 Å². The van der Waals surface area contributed by atoms with Crippen molar-refractivity contribution in [3.05, 3.63) is 34.4 Å². The normalized spacial score (nSPS) is 17.1. The highest BCUT2D eigenvalue weighted by atomic mass is 79.9. The molecule has 2 N–H and O–H groups in total. The number of benzene rings is 1. The minimum Gasteiger partial charge on any atom is -0.369 e. The van der Waals surface area contributed by atoms with Crippen LogP contribution < -0.4 is 15.5 Å². The van der Waals surface area contributed by atoms with Gasteiger partial charge in [0.1, 0.15) is 5.82 Å². The standard InChI is InChI=1S/C27H40BrN7O/c1-4-33-14-16-34(17-15-33)21-9-10-24(22(18-21)20(2)3)31-27-30-19-23(28)26(32-27)29-11-7-13-35-12-6-5-8-25(35)36/h9-10,18-20H,4-8,11-17H2,1-3H3,(H2,29,30,31,32). The minimum absolute atomic E-state index is 0.283. The lowest BCUT2D eigenvalue weighted by Crippen LogP contribution is -2.46. The maximum absolute atomic E-state index is 12.0. The number of rotatable bonds is 10. The van der Waals surface area contributed by atoms with Gasteiger partial charge in [-0.25, -0.2) is 4.98 Å². The van der Waals surface area contributed by atoms with E-state index < -0.39 is 0 Å². The van der Waals surface area contributed by atoms with Gasteiger partial charge in [0.15, 0.2) is 0 Å². The maximum atomic E-state index is 12.0. The molecule has 1 amide bonds. The van der Waals surface area contributed by atoms with Crippen molar-refractivity contribution in [3.8, 4) is 0 Å². The van der Waals surface area contributed by atoms with Crippen molar-refractivity contribution >= 4 is 45.0 Å². The van der Waals surface area contributed by atoms with Gasteiger partial charge in [-0.15, -0.1) is 0 Å². The molecule has 0 spiro atoms. The quantitative estimate of drug-likeness (QED) is 0.395. The molecule has 4 rings (SSSR count). The van der Waals surface area contributed by atoms with Crippen LogP contribution in [0.3, 0.4) is 0 Å². The highest BCUT2D eigenvalue weighted by Gasteiger charge is 2.19. The summed E-state index contributed by atoms with van der Waals surface area (Å²) < 4.78 is 0.827. The van der Waals surface area contributed by atoms with Crippen molar-refractivity contribution in [2.75, 3.05) is 67.9 Å². The average molecular weight is 559 g/mol. The van der Waals surface area contributed by atoms with Gasteiger partial charge in [-0.2, -0.15) is 4.98 Å². The number of carbonyl (C=O) groups excluding carboxylic acids is 1. The molecular weight excluding hydrogens is 518 g/mol. The molecule has 0 saturated carbocycles. The van der Waals surface area contributed by atoms with E-state index >= 15 is 0 Å². The molecule has 2 aromatic rings. The first-order chi connectivity index (χ1) is 17.4. The monoisotopic (exact) mass is 557 g/mol. The van der Waals surface area contributed by atoms with Gasteiger partial charge in [0.05, 0.1) is 4.47 Å². The molecule has 9 heteroatoms. The third-order valence-electron chi connectivity index (χ3n) is 7.15. The van der Waals surface area contributed by atoms with Gasteiger partial charge in [-0.1, -0.05) is 20.8 Å². The van der Waals surface area contributed by atoms with Gasteiger partial charge in [0.2, 0.25) is 11.9 Å². The number of likely N-dealkylation sites (tertiary alicyclic amines) is 1. The number of aromatic nitrogens is 2. The molecule has 2 saturated heterocycles. The molecule has 1 aromatic carbocycles. The van der Waals surface area contributed by atoms with E-state index in [1.165, 1.54) is 11.3 Å². The van der Waals surface area contributed by atoms with E-state index in [-0.39, 0.29) is 5.91 Å². The summed E-state index contributed by atoms with van der Waals surface area (Å²) in [4.78, 5) is 28.2. The summed E-state index contributed by atoms with van der Waals surface area (Å²) in [7, 11) is 0. The molecule has 3 heterocycles. The number of nitrogens with zero attached hydrogens (tertiary/aromatic N) is 5. The Morgan fingerprint density at radius 3 is 2.64 bits per heavy atom. The van der Waals surface area contributed by atoms with Gasteiger partial charge >= 0.3 is 0 Å². The van der Waals surface area contributed by atoms with Gasteiger partial charge in [0, 0.05) is 69.8 Å². The molecule has 0 unspecified atom stereocenters. The lowest BCUT2D eigenvalue weighted by Gasteiger charge is -2.36. The third-order valence-corrected chi connectivity index (χ3v) is 7.73. The second-order valence-electron chi connectivity index (χ2n) is 9.98. The van der Waals surface area contributed by atoms with Crippen LogP contribution in [-0.2, 0) is 4.79 Å². The van der Waals surface area contributed by atoms with Crippen LogP contribution >= 0.6 is 15.9 Å². The topological polar surface area (TPSA) is 76.6 Å². The van der Waals surface area contributed by atoms with Gasteiger partial charge in [-0.05, 0) is 71.4 Å². The third kappa shape index (κ3) is 6.88. The van der Waals surface area contributed by atoms with Crippen molar-refractivity contribution in [1.29, 1.82) is 0 Å². The van der Waals surface area contributed by atoms with E-state index in [0.29, 0.717) is 18.3 Å². The maximum Gasteiger partial charge on any atom is 0.229 e. The van der Waals surface area contributed by atoms with Gasteiger partial charge < -0.3 is 25.3 Å². The molecule has 36 heavy (non-hydrogen) atoms. The Morgan fingerprint density at radius 2 is 1.92 bits per heavy atom. The molecular formula is C27H40BrN7O. The number of anilines is 4. The first-order valence-electron chi connectivity index (χ1n) is 13.4. The van der Waals surface area contributed by atoms with E-state index in [1.807, 2.05) is 4.90 Å². The number of amides is 1. The fraction of sp³-hybridized carbons (Fsp3) is 0.593. The first kappa shape index (κ1) is 26.7. The Morgan fingerprint density at radius 1 is 1.11 bits per heavy atom. The van der Waals surface area contributed by atoms with Crippen LogP contribution in [0, 0.1) is 0 Å². The zero-order chi connectivity index (χ0) is 25.5. The van der Waals surface area contributed by atoms with Crippen LogP contribution in [0.15, 0.2) is 28.9 Å². The molecule has 0 bridgehead atoms. The molecule has 2 aliphatic rings. The number of hydrogen-bond donors (Lipinski definition) is 2. The van der Waals surface area contributed by atoms with E-state index in [0.717, 1.165) is 87.6 Å². The van der Waals surface area contributed by atoms with Crippen LogP contribution in [0.1, 0.15) is 57.9 Å². The first-order valence-corrected chi connectivity index (χ1v) is 14.2. The Bertz CT molecular complexity index is 1020. The number of nitrogens with one attached hydrogen (secondary N) is 2. The molecule has 1 aromatic heterocycles. The lowest BCUT2D eigenvalue weighted by atomic mass is 9.99. The van der Waals surface area contributed by atoms with E-state index in [1.54, 1.807) is 6.20 Å². The summed E-state index contributed by atoms with van der Waals surface area (Å²) in [6.07, 6.45) is 5.49. The van der Waals surface area contributed by atoms with Gasteiger partial charge in [-0.3, -0.25) is 4.79 Å². The predicted molar refractivity (Wildman–Crippen MR) is 151 cm³/mol. The minimum atomic E-state index is 0.283. The van der Waals surface area contributed by atoms with E-state index in [2.05, 4.69) is 80.3 Å². The highest BCUT2D eigenvalue weighted by molar-refractivity contribution is 9.10. The predicted octanol–water partition coefficient (Wildman–Crippen LogP) is 5.06.